The van der Waals surface area contributed by atoms with Gasteiger partial charge in [-0.25, -0.2) is 9.78 Å². The molecule has 0 amide bonds. The molecule has 4 rings (SSSR count). The molecular weight excluding hydrogens is 416 g/mol. The monoisotopic (exact) mass is 436 g/mol. The molecule has 0 saturated carbocycles. The molecule has 0 spiro atoms. The van der Waals surface area contributed by atoms with Gasteiger partial charge in [-0.05, 0) is 46.4 Å². The van der Waals surface area contributed by atoms with Crippen molar-refractivity contribution in [1.29, 1.82) is 5.26 Å². The van der Waals surface area contributed by atoms with Crippen molar-refractivity contribution < 1.29 is 9.90 Å². The quantitative estimate of drug-likeness (QED) is 0.272. The number of fused-ring (bicyclic) bond motifs is 1. The van der Waals surface area contributed by atoms with Crippen LogP contribution in [0.15, 0.2) is 78.3 Å². The van der Waals surface area contributed by atoms with Crippen LogP contribution in [-0.2, 0) is 4.79 Å². The predicted octanol–water partition coefficient (Wildman–Crippen LogP) is 6.63. The largest absolute Gasteiger partial charge is 0.478 e. The van der Waals surface area contributed by atoms with Gasteiger partial charge in [0, 0.05) is 11.6 Å². The van der Waals surface area contributed by atoms with Crippen molar-refractivity contribution >= 4 is 44.7 Å². The van der Waals surface area contributed by atoms with Crippen molar-refractivity contribution in [3.63, 3.8) is 0 Å². The normalized spacial score (nSPS) is 12.0. The molecule has 0 aliphatic carbocycles. The van der Waals surface area contributed by atoms with E-state index in [0.717, 1.165) is 56.1 Å². The van der Waals surface area contributed by atoms with Crippen molar-refractivity contribution in [2.75, 3.05) is 0 Å². The zero-order valence-corrected chi connectivity index (χ0v) is 18.3. The number of carbonyl (C=O) groups is 1. The maximum atomic E-state index is 10.8. The first-order valence-electron chi connectivity index (χ1n) is 10.2. The van der Waals surface area contributed by atoms with Gasteiger partial charge in [-0.2, -0.15) is 5.26 Å². The lowest BCUT2D eigenvalue weighted by Gasteiger charge is -2.18. The maximum Gasteiger partial charge on any atom is 0.328 e. The number of allylic oxidation sites excluding steroid dienone is 1. The Labute approximate surface area is 190 Å². The maximum absolute atomic E-state index is 10.8. The van der Waals surface area contributed by atoms with E-state index in [4.69, 9.17) is 5.11 Å². The first kappa shape index (κ1) is 21.2. The molecule has 1 N–H and O–H groups in total. The van der Waals surface area contributed by atoms with Gasteiger partial charge in [-0.15, -0.1) is 11.3 Å². The molecular formula is C27H20N2O2S. The fourth-order valence-electron chi connectivity index (χ4n) is 3.84. The van der Waals surface area contributed by atoms with Crippen molar-refractivity contribution in [2.45, 2.75) is 13.3 Å². The Hall–Kier alpha value is -4.01. The minimum atomic E-state index is -0.984. The lowest BCUT2D eigenvalue weighted by Crippen LogP contribution is -1.98. The van der Waals surface area contributed by atoms with E-state index in [1.165, 1.54) is 11.3 Å². The molecule has 0 aliphatic heterocycles. The molecule has 5 heteroatoms. The second-order valence-electron chi connectivity index (χ2n) is 7.17. The summed E-state index contributed by atoms with van der Waals surface area (Å²) >= 11 is 1.52. The molecule has 32 heavy (non-hydrogen) atoms. The summed E-state index contributed by atoms with van der Waals surface area (Å²) in [7, 11) is 0. The van der Waals surface area contributed by atoms with E-state index in [0.29, 0.717) is 5.56 Å². The Bertz CT molecular complexity index is 1370. The van der Waals surface area contributed by atoms with Gasteiger partial charge in [0.2, 0.25) is 0 Å². The van der Waals surface area contributed by atoms with Gasteiger partial charge in [0.15, 0.2) is 0 Å². The van der Waals surface area contributed by atoms with E-state index in [1.807, 2.05) is 54.6 Å². The van der Waals surface area contributed by atoms with E-state index >= 15 is 0 Å². The predicted molar refractivity (Wildman–Crippen MR) is 130 cm³/mol. The third kappa shape index (κ3) is 4.22. The third-order valence-corrected chi connectivity index (χ3v) is 6.07. The number of aliphatic carboxylic acids is 1. The van der Waals surface area contributed by atoms with Crippen LogP contribution in [0, 0.1) is 11.3 Å². The Morgan fingerprint density at radius 1 is 1.06 bits per heavy atom. The Balaban J connectivity index is 1.98. The molecule has 0 bridgehead atoms. The highest BCUT2D eigenvalue weighted by atomic mass is 32.1. The summed E-state index contributed by atoms with van der Waals surface area (Å²) in [5, 5.41) is 18.9. The molecule has 4 aromatic rings. The highest BCUT2D eigenvalue weighted by molar-refractivity contribution is 7.16. The first-order valence-corrected chi connectivity index (χ1v) is 11.1. The lowest BCUT2D eigenvalue weighted by atomic mass is 9.86. The van der Waals surface area contributed by atoms with Crippen molar-refractivity contribution in [3.05, 3.63) is 106 Å². The fourth-order valence-corrected chi connectivity index (χ4v) is 4.52. The molecule has 156 valence electrons. The van der Waals surface area contributed by atoms with Crippen LogP contribution in [0.3, 0.4) is 0 Å². The number of carboxylic acid groups (broad SMARTS) is 1. The van der Waals surface area contributed by atoms with Gasteiger partial charge in [0.1, 0.15) is 6.07 Å². The summed E-state index contributed by atoms with van der Waals surface area (Å²) in [5.41, 5.74) is 8.87. The third-order valence-electron chi connectivity index (χ3n) is 5.28. The highest BCUT2D eigenvalue weighted by Crippen LogP contribution is 2.38. The second-order valence-corrected chi connectivity index (χ2v) is 8.05. The van der Waals surface area contributed by atoms with Crippen LogP contribution < -0.4 is 0 Å². The van der Waals surface area contributed by atoms with Crippen LogP contribution in [0.5, 0.6) is 0 Å². The average Bonchev–Trinajstić information content (AvgIpc) is 3.30. The zero-order valence-electron chi connectivity index (χ0n) is 17.4. The van der Waals surface area contributed by atoms with E-state index in [9.17, 15) is 10.1 Å². The number of benzene rings is 3. The topological polar surface area (TPSA) is 74.0 Å². The van der Waals surface area contributed by atoms with Gasteiger partial charge in [-0.1, -0.05) is 67.6 Å². The number of hydrogen-bond acceptors (Lipinski definition) is 4. The first-order chi connectivity index (χ1) is 15.6. The summed E-state index contributed by atoms with van der Waals surface area (Å²) in [4.78, 5) is 15.3. The number of carboxylic acids is 1. The number of nitriles is 1. The summed E-state index contributed by atoms with van der Waals surface area (Å²) in [6.07, 6.45) is 3.46. The summed E-state index contributed by atoms with van der Waals surface area (Å²) < 4.78 is 0.983. The number of rotatable bonds is 6. The van der Waals surface area contributed by atoms with Crippen molar-refractivity contribution in [3.8, 4) is 6.07 Å². The minimum absolute atomic E-state index is 0.565. The Morgan fingerprint density at radius 2 is 1.81 bits per heavy atom. The highest BCUT2D eigenvalue weighted by Gasteiger charge is 2.19. The molecule has 0 fully saturated rings. The van der Waals surface area contributed by atoms with Crippen LogP contribution in [0.2, 0.25) is 0 Å². The van der Waals surface area contributed by atoms with Crippen LogP contribution in [0.25, 0.3) is 27.4 Å². The van der Waals surface area contributed by atoms with Gasteiger partial charge in [-0.3, -0.25) is 0 Å². The van der Waals surface area contributed by atoms with E-state index in [-0.39, 0.29) is 0 Å². The summed E-state index contributed by atoms with van der Waals surface area (Å²) in [5.74, 6) is -0.984. The van der Waals surface area contributed by atoms with Crippen LogP contribution in [-0.4, -0.2) is 16.1 Å². The van der Waals surface area contributed by atoms with Gasteiger partial charge >= 0.3 is 5.97 Å². The van der Waals surface area contributed by atoms with Gasteiger partial charge in [0.05, 0.1) is 21.3 Å². The molecule has 0 radical (unpaired) electrons. The molecule has 0 unspecified atom stereocenters. The van der Waals surface area contributed by atoms with E-state index in [2.05, 4.69) is 30.1 Å². The van der Waals surface area contributed by atoms with Crippen molar-refractivity contribution in [1.82, 2.24) is 4.98 Å². The average molecular weight is 437 g/mol. The molecule has 0 aliphatic rings. The summed E-state index contributed by atoms with van der Waals surface area (Å²) in [6.45, 7) is 2.11. The Kier molecular flexibility index (Phi) is 6.25. The SMILES string of the molecule is CCC(=C(c1ccc(C=CC(=O)O)cc1)c1ccc2scnc2c1C#N)c1ccccc1. The summed E-state index contributed by atoms with van der Waals surface area (Å²) in [6, 6.07) is 24.3. The standard InChI is InChI=1S/C27H20N2O2S/c1-2-21(19-6-4-3-5-7-19)26(20-11-8-18(9-12-20)10-15-25(30)31)22-13-14-24-27(23(22)16-28)29-17-32-24/h3-15,17H,2H2,1H3,(H,30,31). The van der Waals surface area contributed by atoms with Gasteiger partial charge < -0.3 is 5.11 Å². The van der Waals surface area contributed by atoms with Crippen LogP contribution in [0.4, 0.5) is 0 Å². The number of nitrogens with zero attached hydrogens (tertiary/aromatic N) is 2. The smallest absolute Gasteiger partial charge is 0.328 e. The number of hydrogen-bond donors (Lipinski definition) is 1. The van der Waals surface area contributed by atoms with Gasteiger partial charge in [0.25, 0.3) is 0 Å². The molecule has 3 aromatic carbocycles. The zero-order chi connectivity index (χ0) is 22.5. The van der Waals surface area contributed by atoms with E-state index < -0.39 is 5.97 Å². The second kappa shape index (κ2) is 9.42. The molecule has 0 saturated heterocycles. The number of thiazole rings is 1. The molecule has 4 nitrogen and oxygen atoms in total. The van der Waals surface area contributed by atoms with Crippen LogP contribution in [0.1, 0.15) is 41.2 Å². The molecule has 0 atom stereocenters. The van der Waals surface area contributed by atoms with E-state index in [1.54, 1.807) is 11.6 Å². The molecule has 1 aromatic heterocycles. The lowest BCUT2D eigenvalue weighted by molar-refractivity contribution is -0.131. The number of aromatic nitrogens is 1. The molecule has 1 heterocycles. The fraction of sp³-hybridized carbons (Fsp3) is 0.0741. The van der Waals surface area contributed by atoms with Crippen molar-refractivity contribution in [2.24, 2.45) is 0 Å². The Morgan fingerprint density at radius 3 is 2.47 bits per heavy atom. The minimum Gasteiger partial charge on any atom is -0.478 e. The van der Waals surface area contributed by atoms with Crippen LogP contribution >= 0.6 is 11.3 Å².